The molecule has 0 radical (unpaired) electrons. The number of nitrogens with zero attached hydrogens (tertiary/aromatic N) is 5. The molecule has 0 aliphatic rings. The van der Waals surface area contributed by atoms with Crippen molar-refractivity contribution in [1.29, 1.82) is 0 Å². The third kappa shape index (κ3) is 3.22. The molecule has 0 atom stereocenters. The molecule has 0 unspecified atom stereocenters. The quantitative estimate of drug-likeness (QED) is 0.663. The molecule has 0 aliphatic heterocycles. The van der Waals surface area contributed by atoms with Gasteiger partial charge in [0, 0.05) is 25.2 Å². The molecule has 0 N–H and O–H groups in total. The summed E-state index contributed by atoms with van der Waals surface area (Å²) in [6.07, 6.45) is 1.64. The molecule has 3 aromatic heterocycles. The molecule has 3 heterocycles. The Hall–Kier alpha value is -2.70. The third-order valence-corrected chi connectivity index (χ3v) is 4.52. The van der Waals surface area contributed by atoms with Gasteiger partial charge in [-0.15, -0.1) is 10.2 Å². The first-order valence-electron chi connectivity index (χ1n) is 9.52. The maximum Gasteiger partial charge on any atom is 0.261 e. The summed E-state index contributed by atoms with van der Waals surface area (Å²) >= 11 is 0. The Bertz CT molecular complexity index is 973. The number of aromatic nitrogens is 4. The zero-order chi connectivity index (χ0) is 19.7. The molecule has 7 heteroatoms. The molecule has 0 bridgehead atoms. The third-order valence-electron chi connectivity index (χ3n) is 4.52. The number of carbonyl (C=O) groups excluding carboxylic acids is 1. The summed E-state index contributed by atoms with van der Waals surface area (Å²) in [5.41, 5.74) is 1.65. The molecule has 0 fully saturated rings. The van der Waals surface area contributed by atoms with Gasteiger partial charge in [-0.25, -0.2) is 4.98 Å². The van der Waals surface area contributed by atoms with E-state index >= 15 is 0 Å². The highest BCUT2D eigenvalue weighted by Crippen LogP contribution is 2.35. The second kappa shape index (κ2) is 7.50. The van der Waals surface area contributed by atoms with Crippen LogP contribution in [-0.4, -0.2) is 49.6 Å². The summed E-state index contributed by atoms with van der Waals surface area (Å²) in [7, 11) is 0. The van der Waals surface area contributed by atoms with Crippen LogP contribution >= 0.6 is 0 Å². The molecule has 0 spiro atoms. The van der Waals surface area contributed by atoms with Gasteiger partial charge in [0.25, 0.3) is 5.91 Å². The summed E-state index contributed by atoms with van der Waals surface area (Å²) in [4.78, 5) is 19.7. The Morgan fingerprint density at radius 1 is 1.15 bits per heavy atom. The van der Waals surface area contributed by atoms with Crippen LogP contribution < -0.4 is 4.74 Å². The fourth-order valence-electron chi connectivity index (χ4n) is 3.25. The van der Waals surface area contributed by atoms with E-state index in [0.29, 0.717) is 35.7 Å². The Balaban J connectivity index is 2.47. The van der Waals surface area contributed by atoms with Gasteiger partial charge >= 0.3 is 0 Å². The average Bonchev–Trinajstić information content (AvgIpc) is 3.07. The van der Waals surface area contributed by atoms with E-state index in [4.69, 9.17) is 4.74 Å². The Morgan fingerprint density at radius 3 is 2.44 bits per heavy atom. The maximum absolute atomic E-state index is 13.4. The van der Waals surface area contributed by atoms with E-state index in [0.717, 1.165) is 11.2 Å². The topological polar surface area (TPSA) is 72.6 Å². The maximum atomic E-state index is 13.4. The van der Waals surface area contributed by atoms with Gasteiger partial charge in [0.1, 0.15) is 17.1 Å². The minimum Gasteiger partial charge on any atom is -0.489 e. The van der Waals surface area contributed by atoms with Crippen molar-refractivity contribution in [3.8, 4) is 5.75 Å². The van der Waals surface area contributed by atoms with E-state index in [2.05, 4.69) is 29.0 Å². The Kier molecular flexibility index (Phi) is 5.30. The minimum atomic E-state index is -0.103. The lowest BCUT2D eigenvalue weighted by Crippen LogP contribution is -2.31. The number of ether oxygens (including phenoxy) is 1. The van der Waals surface area contributed by atoms with Gasteiger partial charge in [0.05, 0.1) is 11.5 Å². The van der Waals surface area contributed by atoms with Crippen molar-refractivity contribution in [3.63, 3.8) is 0 Å². The average molecular weight is 369 g/mol. The molecule has 0 aliphatic carbocycles. The molecule has 0 saturated heterocycles. The highest BCUT2D eigenvalue weighted by atomic mass is 16.5. The van der Waals surface area contributed by atoms with Crippen molar-refractivity contribution < 1.29 is 9.53 Å². The van der Waals surface area contributed by atoms with Crippen LogP contribution in [0, 0.1) is 0 Å². The normalized spacial score (nSPS) is 11.7. The summed E-state index contributed by atoms with van der Waals surface area (Å²) in [5, 5.41) is 9.53. The van der Waals surface area contributed by atoms with Crippen molar-refractivity contribution in [2.75, 3.05) is 13.1 Å². The second-order valence-electron chi connectivity index (χ2n) is 7.09. The lowest BCUT2D eigenvalue weighted by Gasteiger charge is -2.23. The van der Waals surface area contributed by atoms with Crippen molar-refractivity contribution in [1.82, 2.24) is 24.5 Å². The van der Waals surface area contributed by atoms with E-state index in [1.165, 1.54) is 0 Å². The number of fused-ring (bicyclic) bond motifs is 3. The predicted molar refractivity (Wildman–Crippen MR) is 105 cm³/mol. The number of pyridine rings is 2. The second-order valence-corrected chi connectivity index (χ2v) is 7.09. The van der Waals surface area contributed by atoms with Crippen LogP contribution in [0.25, 0.3) is 16.7 Å². The van der Waals surface area contributed by atoms with Gasteiger partial charge in [-0.3, -0.25) is 9.20 Å². The van der Waals surface area contributed by atoms with Crippen LogP contribution in [0.4, 0.5) is 0 Å². The molecule has 144 valence electrons. The number of amides is 1. The Morgan fingerprint density at radius 2 is 1.85 bits per heavy atom. The fourth-order valence-corrected chi connectivity index (χ4v) is 3.25. The van der Waals surface area contributed by atoms with E-state index in [-0.39, 0.29) is 17.9 Å². The predicted octanol–water partition coefficient (Wildman–Crippen LogP) is 3.67. The van der Waals surface area contributed by atoms with E-state index in [1.54, 1.807) is 11.1 Å². The molecule has 0 aromatic carbocycles. The van der Waals surface area contributed by atoms with Gasteiger partial charge < -0.3 is 9.64 Å². The van der Waals surface area contributed by atoms with E-state index in [1.807, 2.05) is 44.2 Å². The van der Waals surface area contributed by atoms with E-state index in [9.17, 15) is 4.79 Å². The zero-order valence-electron chi connectivity index (χ0n) is 16.9. The summed E-state index contributed by atoms with van der Waals surface area (Å²) < 4.78 is 8.02. The standard InChI is InChI=1S/C20H27N5O2/c1-7-24(8-2)20(26)15-16(27-13(5)6)14-10-9-11-21-18(14)25-17(12(3)4)22-23-19(15)25/h9-13H,7-8H2,1-6H3. The van der Waals surface area contributed by atoms with Gasteiger partial charge in [0.15, 0.2) is 11.3 Å². The highest BCUT2D eigenvalue weighted by molar-refractivity contribution is 6.07. The highest BCUT2D eigenvalue weighted by Gasteiger charge is 2.28. The molecule has 1 amide bonds. The first-order valence-corrected chi connectivity index (χ1v) is 9.52. The molecule has 7 nitrogen and oxygen atoms in total. The summed E-state index contributed by atoms with van der Waals surface area (Å²) in [6.45, 7) is 13.1. The minimum absolute atomic E-state index is 0.0911. The smallest absolute Gasteiger partial charge is 0.261 e. The van der Waals surface area contributed by atoms with Crippen molar-refractivity contribution in [2.24, 2.45) is 0 Å². The Labute approximate surface area is 159 Å². The van der Waals surface area contributed by atoms with Crippen molar-refractivity contribution in [3.05, 3.63) is 29.7 Å². The van der Waals surface area contributed by atoms with Crippen LogP contribution in [-0.2, 0) is 0 Å². The molecule has 27 heavy (non-hydrogen) atoms. The lowest BCUT2D eigenvalue weighted by atomic mass is 10.1. The first kappa shape index (κ1) is 19.1. The molecule has 3 rings (SSSR count). The van der Waals surface area contributed by atoms with Gasteiger partial charge in [-0.05, 0) is 39.8 Å². The van der Waals surface area contributed by atoms with Crippen LogP contribution in [0.15, 0.2) is 18.3 Å². The van der Waals surface area contributed by atoms with Crippen LogP contribution in [0.3, 0.4) is 0 Å². The largest absolute Gasteiger partial charge is 0.489 e. The van der Waals surface area contributed by atoms with Crippen molar-refractivity contribution >= 4 is 22.6 Å². The first-order chi connectivity index (χ1) is 12.9. The molecule has 3 aromatic rings. The summed E-state index contributed by atoms with van der Waals surface area (Å²) in [5.74, 6) is 1.34. The molecular weight excluding hydrogens is 342 g/mol. The van der Waals surface area contributed by atoms with E-state index < -0.39 is 0 Å². The number of hydrogen-bond acceptors (Lipinski definition) is 5. The monoisotopic (exact) mass is 369 g/mol. The molecular formula is C20H27N5O2. The van der Waals surface area contributed by atoms with Crippen LogP contribution in [0.2, 0.25) is 0 Å². The lowest BCUT2D eigenvalue weighted by molar-refractivity contribution is 0.0768. The fraction of sp³-hybridized carbons (Fsp3) is 0.500. The SMILES string of the molecule is CCN(CC)C(=O)c1c(OC(C)C)c2cccnc2n2c(C(C)C)nnc12. The van der Waals surface area contributed by atoms with Gasteiger partial charge in [-0.1, -0.05) is 13.8 Å². The van der Waals surface area contributed by atoms with Crippen LogP contribution in [0.1, 0.15) is 63.6 Å². The molecule has 0 saturated carbocycles. The number of carbonyl (C=O) groups is 1. The number of hydrogen-bond donors (Lipinski definition) is 0. The van der Waals surface area contributed by atoms with Gasteiger partial charge in [0.2, 0.25) is 0 Å². The van der Waals surface area contributed by atoms with Crippen molar-refractivity contribution in [2.45, 2.75) is 53.6 Å². The van der Waals surface area contributed by atoms with Gasteiger partial charge in [-0.2, -0.15) is 0 Å². The zero-order valence-corrected chi connectivity index (χ0v) is 16.9. The number of rotatable bonds is 6. The van der Waals surface area contributed by atoms with Crippen LogP contribution in [0.5, 0.6) is 5.75 Å². The summed E-state index contributed by atoms with van der Waals surface area (Å²) in [6, 6.07) is 3.79.